The molecule has 2 aromatic carbocycles. The van der Waals surface area contributed by atoms with E-state index in [1.807, 2.05) is 11.3 Å². The van der Waals surface area contributed by atoms with Gasteiger partial charge >= 0.3 is 0 Å². The van der Waals surface area contributed by atoms with Gasteiger partial charge in [-0.2, -0.15) is 0 Å². The fourth-order valence-corrected chi connectivity index (χ4v) is 3.13. The molecule has 3 aromatic rings. The molecule has 1 heterocycles. The predicted molar refractivity (Wildman–Crippen MR) is 68.7 cm³/mol. The van der Waals surface area contributed by atoms with Crippen molar-refractivity contribution in [3.63, 3.8) is 0 Å². The zero-order valence-electron chi connectivity index (χ0n) is 8.66. The van der Waals surface area contributed by atoms with Crippen LogP contribution in [0.3, 0.4) is 0 Å². The Balaban J connectivity index is 2.47. The molecule has 1 aromatic heterocycles. The summed E-state index contributed by atoms with van der Waals surface area (Å²) in [6.07, 6.45) is 1.13. The van der Waals surface area contributed by atoms with Gasteiger partial charge in [0, 0.05) is 9.58 Å². The number of hydrogen-bond donors (Lipinski definition) is 0. The van der Waals surface area contributed by atoms with E-state index in [0.29, 0.717) is 0 Å². The summed E-state index contributed by atoms with van der Waals surface area (Å²) in [7, 11) is 0. The minimum absolute atomic E-state index is 1.13. The fraction of sp³-hybridized carbons (Fsp3) is 0.143. The summed E-state index contributed by atoms with van der Waals surface area (Å²) in [5.41, 5.74) is 0. The van der Waals surface area contributed by atoms with Gasteiger partial charge in [-0.05, 0) is 28.6 Å². The Morgan fingerprint density at radius 1 is 1.00 bits per heavy atom. The SMILES string of the molecule is CCc1cc2ccc3ccccc3c2s1. The van der Waals surface area contributed by atoms with Crippen LogP contribution in [0.2, 0.25) is 0 Å². The zero-order valence-corrected chi connectivity index (χ0v) is 9.47. The fourth-order valence-electron chi connectivity index (χ4n) is 2.00. The summed E-state index contributed by atoms with van der Waals surface area (Å²) >= 11 is 1.93. The lowest BCUT2D eigenvalue weighted by atomic mass is 10.1. The van der Waals surface area contributed by atoms with Gasteiger partial charge in [-0.15, -0.1) is 11.3 Å². The summed E-state index contributed by atoms with van der Waals surface area (Å²) in [4.78, 5) is 1.47. The Morgan fingerprint density at radius 3 is 2.67 bits per heavy atom. The standard InChI is InChI=1S/C14H12S/c1-2-12-9-11-8-7-10-5-3-4-6-13(10)14(11)15-12/h3-9H,2H2,1H3. The van der Waals surface area contributed by atoms with Crippen LogP contribution in [0.1, 0.15) is 11.8 Å². The van der Waals surface area contributed by atoms with Gasteiger partial charge in [0.15, 0.2) is 0 Å². The molecule has 0 unspecified atom stereocenters. The molecule has 74 valence electrons. The van der Waals surface area contributed by atoms with E-state index in [4.69, 9.17) is 0 Å². The van der Waals surface area contributed by atoms with Crippen LogP contribution in [-0.2, 0) is 6.42 Å². The third kappa shape index (κ3) is 1.35. The van der Waals surface area contributed by atoms with Gasteiger partial charge < -0.3 is 0 Å². The minimum atomic E-state index is 1.13. The third-order valence-corrected chi connectivity index (χ3v) is 4.14. The van der Waals surface area contributed by atoms with Crippen LogP contribution in [-0.4, -0.2) is 0 Å². The van der Waals surface area contributed by atoms with Crippen LogP contribution in [0.25, 0.3) is 20.9 Å². The van der Waals surface area contributed by atoms with Crippen LogP contribution in [0.4, 0.5) is 0 Å². The second kappa shape index (κ2) is 3.35. The van der Waals surface area contributed by atoms with E-state index in [9.17, 15) is 0 Å². The van der Waals surface area contributed by atoms with Crippen molar-refractivity contribution in [1.29, 1.82) is 0 Å². The monoisotopic (exact) mass is 212 g/mol. The van der Waals surface area contributed by atoms with Crippen LogP contribution < -0.4 is 0 Å². The molecule has 0 radical (unpaired) electrons. The number of aryl methyl sites for hydroxylation is 1. The second-order valence-corrected chi connectivity index (χ2v) is 4.91. The Morgan fingerprint density at radius 2 is 1.80 bits per heavy atom. The lowest BCUT2D eigenvalue weighted by molar-refractivity contribution is 1.19. The molecule has 0 fully saturated rings. The largest absolute Gasteiger partial charge is 0.140 e. The molecule has 0 bridgehead atoms. The smallest absolute Gasteiger partial charge is 0.0424 e. The number of hydrogen-bond acceptors (Lipinski definition) is 1. The summed E-state index contributed by atoms with van der Waals surface area (Å²) in [6, 6.07) is 15.4. The normalized spacial score (nSPS) is 11.3. The van der Waals surface area contributed by atoms with Crippen molar-refractivity contribution in [3.8, 4) is 0 Å². The van der Waals surface area contributed by atoms with Crippen molar-refractivity contribution in [3.05, 3.63) is 47.3 Å². The topological polar surface area (TPSA) is 0 Å². The summed E-state index contributed by atoms with van der Waals surface area (Å²) in [6.45, 7) is 2.22. The molecule has 0 aliphatic rings. The summed E-state index contributed by atoms with van der Waals surface area (Å²) in [5, 5.41) is 4.12. The minimum Gasteiger partial charge on any atom is -0.140 e. The molecule has 1 heteroatoms. The van der Waals surface area contributed by atoms with E-state index in [-0.39, 0.29) is 0 Å². The highest BCUT2D eigenvalue weighted by Gasteiger charge is 2.03. The molecule has 3 rings (SSSR count). The Hall–Kier alpha value is -1.34. The van der Waals surface area contributed by atoms with Crippen LogP contribution in [0.5, 0.6) is 0 Å². The van der Waals surface area contributed by atoms with E-state index in [1.165, 1.54) is 25.7 Å². The van der Waals surface area contributed by atoms with E-state index >= 15 is 0 Å². The highest BCUT2D eigenvalue weighted by atomic mass is 32.1. The number of benzene rings is 2. The van der Waals surface area contributed by atoms with Gasteiger partial charge in [0.05, 0.1) is 0 Å². The summed E-state index contributed by atoms with van der Waals surface area (Å²) in [5.74, 6) is 0. The van der Waals surface area contributed by atoms with E-state index in [2.05, 4.69) is 49.4 Å². The predicted octanol–water partition coefficient (Wildman–Crippen LogP) is 4.62. The Kier molecular flexibility index (Phi) is 2.00. The molecule has 0 N–H and O–H groups in total. The average molecular weight is 212 g/mol. The summed E-state index contributed by atoms with van der Waals surface area (Å²) < 4.78 is 1.44. The van der Waals surface area contributed by atoms with Crippen molar-refractivity contribution in [2.75, 3.05) is 0 Å². The van der Waals surface area contributed by atoms with Crippen molar-refractivity contribution < 1.29 is 0 Å². The second-order valence-electron chi connectivity index (χ2n) is 3.77. The lowest BCUT2D eigenvalue weighted by Crippen LogP contribution is -1.70. The first-order chi connectivity index (χ1) is 7.38. The molecule has 0 nitrogen and oxygen atoms in total. The quantitative estimate of drug-likeness (QED) is 0.552. The number of rotatable bonds is 1. The number of thiophene rings is 1. The average Bonchev–Trinajstić information content (AvgIpc) is 2.72. The first-order valence-electron chi connectivity index (χ1n) is 5.28. The van der Waals surface area contributed by atoms with Gasteiger partial charge in [-0.3, -0.25) is 0 Å². The van der Waals surface area contributed by atoms with Crippen molar-refractivity contribution in [2.24, 2.45) is 0 Å². The molecule has 0 saturated carbocycles. The maximum absolute atomic E-state index is 2.31. The van der Waals surface area contributed by atoms with Crippen LogP contribution in [0.15, 0.2) is 42.5 Å². The van der Waals surface area contributed by atoms with E-state index in [0.717, 1.165) is 6.42 Å². The Labute approximate surface area is 93.2 Å². The molecule has 0 atom stereocenters. The van der Waals surface area contributed by atoms with E-state index < -0.39 is 0 Å². The maximum atomic E-state index is 2.31. The molecule has 0 saturated heterocycles. The van der Waals surface area contributed by atoms with Gasteiger partial charge in [0.25, 0.3) is 0 Å². The molecule has 0 amide bonds. The van der Waals surface area contributed by atoms with Gasteiger partial charge in [-0.1, -0.05) is 43.3 Å². The zero-order chi connectivity index (χ0) is 10.3. The van der Waals surface area contributed by atoms with Gasteiger partial charge in [-0.25, -0.2) is 0 Å². The Bertz CT molecular complexity index is 619. The van der Waals surface area contributed by atoms with E-state index in [1.54, 1.807) is 0 Å². The van der Waals surface area contributed by atoms with Crippen molar-refractivity contribution in [1.82, 2.24) is 0 Å². The lowest BCUT2D eigenvalue weighted by Gasteiger charge is -1.97. The third-order valence-electron chi connectivity index (χ3n) is 2.81. The molecule has 0 aliphatic carbocycles. The molecular formula is C14H12S. The van der Waals surface area contributed by atoms with Gasteiger partial charge in [0.1, 0.15) is 0 Å². The van der Waals surface area contributed by atoms with Crippen molar-refractivity contribution in [2.45, 2.75) is 13.3 Å². The van der Waals surface area contributed by atoms with Crippen LogP contribution in [0, 0.1) is 0 Å². The molecular weight excluding hydrogens is 200 g/mol. The first-order valence-corrected chi connectivity index (χ1v) is 6.10. The first kappa shape index (κ1) is 8.93. The van der Waals surface area contributed by atoms with Crippen molar-refractivity contribution >= 4 is 32.2 Å². The highest BCUT2D eigenvalue weighted by molar-refractivity contribution is 7.20. The van der Waals surface area contributed by atoms with Crippen LogP contribution >= 0.6 is 11.3 Å². The maximum Gasteiger partial charge on any atom is 0.0424 e. The number of fused-ring (bicyclic) bond motifs is 3. The molecule has 15 heavy (non-hydrogen) atoms. The molecule has 0 aliphatic heterocycles. The highest BCUT2D eigenvalue weighted by Crippen LogP contribution is 2.32. The molecule has 0 spiro atoms. The van der Waals surface area contributed by atoms with Gasteiger partial charge in [0.2, 0.25) is 0 Å².